The maximum Gasteiger partial charge on any atom is 0.291 e. The van der Waals surface area contributed by atoms with Crippen LogP contribution in [0.1, 0.15) is 17.5 Å². The molecule has 4 heteroatoms. The molecule has 0 aliphatic carbocycles. The van der Waals surface area contributed by atoms with Crippen LogP contribution in [0.5, 0.6) is 0 Å². The number of nitrogens with zero attached hydrogens (tertiary/aromatic N) is 1. The zero-order chi connectivity index (χ0) is 20.9. The molecule has 2 aromatic heterocycles. The molecule has 4 nitrogen and oxygen atoms in total. The van der Waals surface area contributed by atoms with Crippen LogP contribution in [0.3, 0.4) is 0 Å². The monoisotopic (exact) mass is 404 g/mol. The van der Waals surface area contributed by atoms with Crippen molar-refractivity contribution in [1.29, 1.82) is 0 Å². The van der Waals surface area contributed by atoms with Gasteiger partial charge >= 0.3 is 0 Å². The van der Waals surface area contributed by atoms with Crippen molar-refractivity contribution < 1.29 is 9.21 Å². The number of aryl methyl sites for hydroxylation is 1. The van der Waals surface area contributed by atoms with Crippen molar-refractivity contribution in [3.05, 3.63) is 90.7 Å². The summed E-state index contributed by atoms with van der Waals surface area (Å²) in [5.74, 6) is 0.0568. The van der Waals surface area contributed by atoms with Gasteiger partial charge in [-0.1, -0.05) is 48.5 Å². The Labute approximate surface area is 178 Å². The van der Waals surface area contributed by atoms with Gasteiger partial charge in [-0.25, -0.2) is 0 Å². The first kappa shape index (κ1) is 17.8. The number of aromatic nitrogens is 1. The fourth-order valence-electron chi connectivity index (χ4n) is 4.57. The zero-order valence-corrected chi connectivity index (χ0v) is 17.1. The van der Waals surface area contributed by atoms with Gasteiger partial charge in [-0.15, -0.1) is 0 Å². The summed E-state index contributed by atoms with van der Waals surface area (Å²) in [7, 11) is 0. The lowest BCUT2D eigenvalue weighted by Gasteiger charge is -2.05. The SMILES string of the molecule is CCn1c2ccccc2c2cc(NC(=O)c3cc4c(ccc5ccccc54)o3)ccc21. The average Bonchev–Trinajstić information content (AvgIpc) is 3.38. The third kappa shape index (κ3) is 2.72. The van der Waals surface area contributed by atoms with E-state index in [9.17, 15) is 4.79 Å². The number of anilines is 1. The predicted molar refractivity (Wildman–Crippen MR) is 127 cm³/mol. The minimum atomic E-state index is -0.251. The number of benzene rings is 4. The third-order valence-electron chi connectivity index (χ3n) is 6.00. The summed E-state index contributed by atoms with van der Waals surface area (Å²) in [6.07, 6.45) is 0. The summed E-state index contributed by atoms with van der Waals surface area (Å²) < 4.78 is 8.17. The van der Waals surface area contributed by atoms with E-state index < -0.39 is 0 Å². The van der Waals surface area contributed by atoms with Gasteiger partial charge < -0.3 is 14.3 Å². The van der Waals surface area contributed by atoms with Crippen molar-refractivity contribution in [3.8, 4) is 0 Å². The van der Waals surface area contributed by atoms with Gasteiger partial charge in [0.15, 0.2) is 5.76 Å². The van der Waals surface area contributed by atoms with Crippen LogP contribution in [0.4, 0.5) is 5.69 Å². The van der Waals surface area contributed by atoms with E-state index >= 15 is 0 Å². The highest BCUT2D eigenvalue weighted by Crippen LogP contribution is 2.32. The van der Waals surface area contributed by atoms with Gasteiger partial charge in [0.25, 0.3) is 5.91 Å². The molecule has 0 radical (unpaired) electrons. The van der Waals surface area contributed by atoms with Gasteiger partial charge in [-0.3, -0.25) is 4.79 Å². The summed E-state index contributed by atoms with van der Waals surface area (Å²) >= 11 is 0. The van der Waals surface area contributed by atoms with Crippen molar-refractivity contribution in [1.82, 2.24) is 4.57 Å². The molecule has 31 heavy (non-hydrogen) atoms. The molecule has 0 spiro atoms. The van der Waals surface area contributed by atoms with E-state index in [-0.39, 0.29) is 5.91 Å². The van der Waals surface area contributed by atoms with Gasteiger partial charge in [-0.2, -0.15) is 0 Å². The molecule has 150 valence electrons. The van der Waals surface area contributed by atoms with Crippen molar-refractivity contribution in [2.24, 2.45) is 0 Å². The lowest BCUT2D eigenvalue weighted by Crippen LogP contribution is -2.10. The largest absolute Gasteiger partial charge is 0.451 e. The molecule has 1 amide bonds. The first-order valence-corrected chi connectivity index (χ1v) is 10.5. The summed E-state index contributed by atoms with van der Waals surface area (Å²) in [6.45, 7) is 3.04. The molecule has 0 fully saturated rings. The number of carbonyl (C=O) groups excluding carboxylic acids is 1. The summed E-state index contributed by atoms with van der Waals surface area (Å²) in [5, 5.41) is 8.48. The predicted octanol–water partition coefficient (Wildman–Crippen LogP) is 6.97. The van der Waals surface area contributed by atoms with Crippen LogP contribution >= 0.6 is 0 Å². The Morgan fingerprint density at radius 1 is 0.806 bits per heavy atom. The summed E-state index contributed by atoms with van der Waals surface area (Å²) in [6, 6.07) is 28.3. The van der Waals surface area contributed by atoms with E-state index in [2.05, 4.69) is 47.1 Å². The van der Waals surface area contributed by atoms with Gasteiger partial charge in [0.1, 0.15) is 5.58 Å². The average molecular weight is 404 g/mol. The quantitative estimate of drug-likeness (QED) is 0.346. The molecule has 0 unspecified atom stereocenters. The van der Waals surface area contributed by atoms with Crippen molar-refractivity contribution in [2.75, 3.05) is 5.32 Å². The second-order valence-electron chi connectivity index (χ2n) is 7.76. The van der Waals surface area contributed by atoms with E-state index in [0.29, 0.717) is 11.3 Å². The first-order chi connectivity index (χ1) is 15.2. The second-order valence-corrected chi connectivity index (χ2v) is 7.76. The van der Waals surface area contributed by atoms with Crippen molar-refractivity contribution >= 4 is 55.1 Å². The molecule has 0 saturated carbocycles. The Morgan fingerprint density at radius 2 is 1.58 bits per heavy atom. The van der Waals surface area contributed by atoms with Gasteiger partial charge in [0.05, 0.1) is 0 Å². The number of hydrogen-bond donors (Lipinski definition) is 1. The molecular weight excluding hydrogens is 384 g/mol. The fourth-order valence-corrected chi connectivity index (χ4v) is 4.57. The fraction of sp³-hybridized carbons (Fsp3) is 0.0741. The highest BCUT2D eigenvalue weighted by Gasteiger charge is 2.15. The first-order valence-electron chi connectivity index (χ1n) is 10.5. The number of amides is 1. The smallest absolute Gasteiger partial charge is 0.291 e. The Morgan fingerprint density at radius 3 is 2.45 bits per heavy atom. The molecule has 6 rings (SSSR count). The zero-order valence-electron chi connectivity index (χ0n) is 17.1. The summed E-state index contributed by atoms with van der Waals surface area (Å²) in [4.78, 5) is 13.0. The number of fused-ring (bicyclic) bond motifs is 6. The topological polar surface area (TPSA) is 47.2 Å². The number of furan rings is 1. The number of carbonyl (C=O) groups is 1. The van der Waals surface area contributed by atoms with E-state index in [4.69, 9.17) is 4.42 Å². The highest BCUT2D eigenvalue weighted by molar-refractivity contribution is 6.13. The molecule has 0 aliphatic heterocycles. The Bertz CT molecular complexity index is 1620. The molecule has 4 aromatic carbocycles. The van der Waals surface area contributed by atoms with Crippen LogP contribution in [0.2, 0.25) is 0 Å². The minimum Gasteiger partial charge on any atom is -0.451 e. The van der Waals surface area contributed by atoms with Crippen LogP contribution in [-0.2, 0) is 6.54 Å². The highest BCUT2D eigenvalue weighted by atomic mass is 16.3. The van der Waals surface area contributed by atoms with Gasteiger partial charge in [-0.05, 0) is 54.1 Å². The standard InChI is InChI=1S/C27H20N2O2/c1-2-29-23-10-6-5-9-20(23)21-15-18(12-13-24(21)29)28-27(30)26-16-22-19-8-4-3-7-17(19)11-14-25(22)31-26/h3-16H,2H2,1H3,(H,28,30). The number of para-hydroxylation sites is 1. The van der Waals surface area contributed by atoms with E-state index in [0.717, 1.165) is 39.3 Å². The van der Waals surface area contributed by atoms with Gasteiger partial charge in [0, 0.05) is 39.4 Å². The second kappa shape index (κ2) is 6.74. The van der Waals surface area contributed by atoms with E-state index in [1.165, 1.54) is 10.9 Å². The normalized spacial score (nSPS) is 11.6. The maximum absolute atomic E-state index is 13.0. The third-order valence-corrected chi connectivity index (χ3v) is 6.00. The molecule has 1 N–H and O–H groups in total. The molecule has 2 heterocycles. The van der Waals surface area contributed by atoms with Crippen LogP contribution in [-0.4, -0.2) is 10.5 Å². The summed E-state index contributed by atoms with van der Waals surface area (Å²) in [5.41, 5.74) is 3.83. The number of hydrogen-bond acceptors (Lipinski definition) is 2. The molecule has 0 atom stereocenters. The lowest BCUT2D eigenvalue weighted by molar-refractivity contribution is 0.0998. The number of rotatable bonds is 3. The van der Waals surface area contributed by atoms with Crippen LogP contribution in [0.25, 0.3) is 43.5 Å². The Balaban J connectivity index is 1.40. The Kier molecular flexibility index (Phi) is 3.87. The van der Waals surface area contributed by atoms with E-state index in [1.807, 2.05) is 54.6 Å². The number of nitrogens with one attached hydrogen (secondary N) is 1. The van der Waals surface area contributed by atoms with Crippen LogP contribution < -0.4 is 5.32 Å². The Hall–Kier alpha value is -4.05. The van der Waals surface area contributed by atoms with Crippen LogP contribution in [0, 0.1) is 0 Å². The molecular formula is C27H20N2O2. The van der Waals surface area contributed by atoms with Crippen molar-refractivity contribution in [3.63, 3.8) is 0 Å². The lowest BCUT2D eigenvalue weighted by atomic mass is 10.1. The molecule has 0 saturated heterocycles. The van der Waals surface area contributed by atoms with Crippen LogP contribution in [0.15, 0.2) is 89.3 Å². The van der Waals surface area contributed by atoms with E-state index in [1.54, 1.807) is 0 Å². The molecule has 0 bridgehead atoms. The maximum atomic E-state index is 13.0. The molecule has 0 aliphatic rings. The van der Waals surface area contributed by atoms with Gasteiger partial charge in [0.2, 0.25) is 0 Å². The molecule has 6 aromatic rings. The van der Waals surface area contributed by atoms with Crippen molar-refractivity contribution in [2.45, 2.75) is 13.5 Å². The minimum absolute atomic E-state index is 0.251.